The Labute approximate surface area is 226 Å². The molecule has 8 rings (SSSR count). The molecule has 2 N–H and O–H groups in total. The second kappa shape index (κ2) is 8.30. The van der Waals surface area contributed by atoms with Crippen molar-refractivity contribution in [3.05, 3.63) is 97.6 Å². The predicted octanol–water partition coefficient (Wildman–Crippen LogP) is 6.75. The van der Waals surface area contributed by atoms with Gasteiger partial charge in [-0.05, 0) is 35.9 Å². The second-order valence-electron chi connectivity index (χ2n) is 10.5. The van der Waals surface area contributed by atoms with Crippen molar-refractivity contribution < 1.29 is 4.42 Å². The lowest BCUT2D eigenvalue weighted by molar-refractivity contribution is 0.616. The molecule has 5 aromatic rings. The maximum atomic E-state index is 6.03. The summed E-state index contributed by atoms with van der Waals surface area (Å²) in [6.07, 6.45) is 14.6. The number of pyridine rings is 1. The number of nitrogens with one attached hydrogen (secondary N) is 2. The zero-order chi connectivity index (χ0) is 26.1. The summed E-state index contributed by atoms with van der Waals surface area (Å²) >= 11 is 0. The molecule has 7 heteroatoms. The highest BCUT2D eigenvalue weighted by molar-refractivity contribution is 6.01. The van der Waals surface area contributed by atoms with Crippen LogP contribution in [0.3, 0.4) is 0 Å². The highest BCUT2D eigenvalue weighted by Crippen LogP contribution is 2.47. The van der Waals surface area contributed by atoms with Gasteiger partial charge in [-0.1, -0.05) is 42.5 Å². The molecule has 2 atom stereocenters. The molecule has 2 unspecified atom stereocenters. The van der Waals surface area contributed by atoms with E-state index in [1.165, 1.54) is 22.6 Å². The summed E-state index contributed by atoms with van der Waals surface area (Å²) in [5.74, 6) is 1.22. The van der Waals surface area contributed by atoms with Crippen LogP contribution in [0, 0.1) is 0 Å². The normalized spacial score (nSPS) is 19.0. The maximum Gasteiger partial charge on any atom is 0.136 e. The number of hydrogen-bond acceptors (Lipinski definition) is 6. The molecule has 0 saturated heterocycles. The number of nitrogens with zero attached hydrogens (tertiary/aromatic N) is 4. The van der Waals surface area contributed by atoms with Gasteiger partial charge in [0.25, 0.3) is 0 Å². The summed E-state index contributed by atoms with van der Waals surface area (Å²) in [7, 11) is 4.23. The van der Waals surface area contributed by atoms with Gasteiger partial charge in [-0.25, -0.2) is 0 Å². The minimum absolute atomic E-state index is 0.131. The van der Waals surface area contributed by atoms with Crippen LogP contribution in [0.15, 0.2) is 102 Å². The van der Waals surface area contributed by atoms with Gasteiger partial charge >= 0.3 is 0 Å². The van der Waals surface area contributed by atoms with Crippen molar-refractivity contribution in [2.45, 2.75) is 12.1 Å². The van der Waals surface area contributed by atoms with E-state index in [4.69, 9.17) is 4.42 Å². The van der Waals surface area contributed by atoms with Crippen molar-refractivity contribution in [2.24, 2.45) is 7.05 Å². The van der Waals surface area contributed by atoms with Crippen LogP contribution in [0.4, 0.5) is 28.6 Å². The Morgan fingerprint density at radius 1 is 0.974 bits per heavy atom. The largest absolute Gasteiger partial charge is 0.464 e. The van der Waals surface area contributed by atoms with Crippen LogP contribution < -0.4 is 20.4 Å². The van der Waals surface area contributed by atoms with Crippen molar-refractivity contribution in [2.75, 3.05) is 34.1 Å². The van der Waals surface area contributed by atoms with E-state index < -0.39 is 0 Å². The van der Waals surface area contributed by atoms with E-state index in [9.17, 15) is 0 Å². The number of allylic oxidation sites excluding steroid dienone is 2. The molecule has 3 aromatic heterocycles. The van der Waals surface area contributed by atoms with Gasteiger partial charge in [0.2, 0.25) is 0 Å². The Morgan fingerprint density at radius 2 is 1.90 bits per heavy atom. The van der Waals surface area contributed by atoms with Crippen LogP contribution in [0.2, 0.25) is 0 Å². The number of benzene rings is 2. The van der Waals surface area contributed by atoms with Gasteiger partial charge < -0.3 is 29.4 Å². The van der Waals surface area contributed by atoms with E-state index in [2.05, 4.69) is 111 Å². The number of rotatable bonds is 3. The number of aryl methyl sites for hydroxylation is 1. The van der Waals surface area contributed by atoms with Crippen LogP contribution in [0.5, 0.6) is 0 Å². The van der Waals surface area contributed by atoms with Gasteiger partial charge in [-0.15, -0.1) is 0 Å². The van der Waals surface area contributed by atoms with Gasteiger partial charge in [-0.2, -0.15) is 0 Å². The fraction of sp³-hybridized carbons (Fsp3) is 0.156. The Hall–Kier alpha value is -4.91. The molecule has 5 heterocycles. The van der Waals surface area contributed by atoms with Crippen LogP contribution in [0.25, 0.3) is 33.4 Å². The SMILES string of the molecule is CN1CNc2c(-c3cccc(N4c5cc6c(-c7ccccn7)coc6cc5NC5C=CC=CC54)c3)cn(C)c21. The topological polar surface area (TPSA) is 61.5 Å². The molecule has 0 amide bonds. The van der Waals surface area contributed by atoms with Crippen LogP contribution in [-0.4, -0.2) is 35.4 Å². The summed E-state index contributed by atoms with van der Waals surface area (Å²) in [4.78, 5) is 9.29. The zero-order valence-corrected chi connectivity index (χ0v) is 21.8. The quantitative estimate of drug-likeness (QED) is 0.279. The summed E-state index contributed by atoms with van der Waals surface area (Å²) in [6, 6.07) is 19.5. The number of fused-ring (bicyclic) bond motifs is 4. The molecule has 0 fully saturated rings. The molecule has 39 heavy (non-hydrogen) atoms. The molecular formula is C32H28N6O. The molecule has 2 aromatic carbocycles. The van der Waals surface area contributed by atoms with E-state index >= 15 is 0 Å². The number of aromatic nitrogens is 2. The highest BCUT2D eigenvalue weighted by atomic mass is 16.3. The maximum absolute atomic E-state index is 6.03. The van der Waals surface area contributed by atoms with Crippen molar-refractivity contribution >= 4 is 39.5 Å². The van der Waals surface area contributed by atoms with Gasteiger partial charge in [0.1, 0.15) is 17.7 Å². The van der Waals surface area contributed by atoms with Crippen molar-refractivity contribution in [3.8, 4) is 22.4 Å². The van der Waals surface area contributed by atoms with Gasteiger partial charge in [0.15, 0.2) is 0 Å². The Kier molecular flexibility index (Phi) is 4.70. The molecule has 0 saturated carbocycles. The molecule has 0 spiro atoms. The second-order valence-corrected chi connectivity index (χ2v) is 10.5. The average molecular weight is 513 g/mol. The monoisotopic (exact) mass is 512 g/mol. The lowest BCUT2D eigenvalue weighted by Gasteiger charge is -2.43. The van der Waals surface area contributed by atoms with Crippen LogP contribution in [-0.2, 0) is 7.05 Å². The standard InChI is InChI=1S/C32H28N6O/c1-36-17-23(31-32(36)37(2)19-34-31)20-8-7-9-21(14-20)38-28-12-4-3-11-26(28)35-27-16-30-22(15-29(27)38)24(18-39-30)25-10-5-6-13-33-25/h3-18,26,28,34-35H,19H2,1-2H3. The fourth-order valence-corrected chi connectivity index (χ4v) is 6.29. The first-order chi connectivity index (χ1) is 19.2. The Bertz CT molecular complexity index is 1800. The molecule has 192 valence electrons. The molecule has 2 aliphatic heterocycles. The predicted molar refractivity (Wildman–Crippen MR) is 159 cm³/mol. The van der Waals surface area contributed by atoms with Gasteiger partial charge in [0.05, 0.1) is 41.5 Å². The summed E-state index contributed by atoms with van der Waals surface area (Å²) in [5.41, 5.74) is 9.67. The molecule has 0 radical (unpaired) electrons. The Morgan fingerprint density at radius 3 is 2.79 bits per heavy atom. The molecule has 0 bridgehead atoms. The summed E-state index contributed by atoms with van der Waals surface area (Å²) in [6.45, 7) is 0.817. The summed E-state index contributed by atoms with van der Waals surface area (Å²) in [5, 5.41) is 8.39. The molecular weight excluding hydrogens is 484 g/mol. The molecule has 3 aliphatic rings. The smallest absolute Gasteiger partial charge is 0.136 e. The third-order valence-electron chi connectivity index (χ3n) is 8.06. The number of anilines is 5. The molecule has 7 nitrogen and oxygen atoms in total. The first kappa shape index (κ1) is 22.1. The zero-order valence-electron chi connectivity index (χ0n) is 21.8. The first-order valence-electron chi connectivity index (χ1n) is 13.3. The van der Waals surface area contributed by atoms with Gasteiger partial charge in [-0.3, -0.25) is 4.98 Å². The fourth-order valence-electron chi connectivity index (χ4n) is 6.29. The molecule has 1 aliphatic carbocycles. The first-order valence-corrected chi connectivity index (χ1v) is 13.3. The van der Waals surface area contributed by atoms with Crippen molar-refractivity contribution in [1.82, 2.24) is 9.55 Å². The average Bonchev–Trinajstić information content (AvgIpc) is 3.66. The van der Waals surface area contributed by atoms with E-state index in [0.29, 0.717) is 0 Å². The van der Waals surface area contributed by atoms with Crippen molar-refractivity contribution in [1.29, 1.82) is 0 Å². The van der Waals surface area contributed by atoms with E-state index in [-0.39, 0.29) is 12.1 Å². The van der Waals surface area contributed by atoms with E-state index in [1.54, 1.807) is 0 Å². The van der Waals surface area contributed by atoms with Crippen molar-refractivity contribution in [3.63, 3.8) is 0 Å². The third kappa shape index (κ3) is 3.32. The lowest BCUT2D eigenvalue weighted by atomic mass is 9.94. The minimum Gasteiger partial charge on any atom is -0.464 e. The van der Waals surface area contributed by atoms with Crippen LogP contribution >= 0.6 is 0 Å². The number of hydrogen-bond donors (Lipinski definition) is 2. The van der Waals surface area contributed by atoms with Gasteiger partial charge in [0, 0.05) is 54.8 Å². The lowest BCUT2D eigenvalue weighted by Crippen LogP contribution is -2.47. The highest BCUT2D eigenvalue weighted by Gasteiger charge is 2.34. The minimum atomic E-state index is 0.131. The van der Waals surface area contributed by atoms with E-state index in [0.717, 1.165) is 46.0 Å². The Balaban J connectivity index is 1.30. The number of furan rings is 1. The third-order valence-corrected chi connectivity index (χ3v) is 8.06. The van der Waals surface area contributed by atoms with E-state index in [1.807, 2.05) is 30.7 Å². The summed E-state index contributed by atoms with van der Waals surface area (Å²) < 4.78 is 8.24. The van der Waals surface area contributed by atoms with Crippen LogP contribution in [0.1, 0.15) is 0 Å².